The third kappa shape index (κ3) is 9.78. The Hall–Kier alpha value is -0.830. The molecule has 0 aliphatic rings. The summed E-state index contributed by atoms with van der Waals surface area (Å²) in [4.78, 5) is 7.26. The zero-order chi connectivity index (χ0) is 19.7. The van der Waals surface area contributed by atoms with Gasteiger partial charge in [0.2, 0.25) is 0 Å². The SMILES string of the molecule is CCNC(=NCC(C)Cn1nc(C)cc1C)NCCN(C(C)C)C(C)C.I. The van der Waals surface area contributed by atoms with E-state index in [4.69, 9.17) is 4.99 Å². The third-order valence-electron chi connectivity index (χ3n) is 4.48. The van der Waals surface area contributed by atoms with Crippen LogP contribution in [-0.2, 0) is 6.54 Å². The average molecular weight is 492 g/mol. The number of rotatable bonds is 10. The van der Waals surface area contributed by atoms with E-state index in [-0.39, 0.29) is 24.0 Å². The zero-order valence-corrected chi connectivity index (χ0v) is 20.9. The van der Waals surface area contributed by atoms with Crippen LogP contribution in [0.2, 0.25) is 0 Å². The third-order valence-corrected chi connectivity index (χ3v) is 4.48. The quantitative estimate of drug-likeness (QED) is 0.299. The highest BCUT2D eigenvalue weighted by atomic mass is 127. The van der Waals surface area contributed by atoms with Crippen molar-refractivity contribution in [2.75, 3.05) is 26.2 Å². The highest BCUT2D eigenvalue weighted by molar-refractivity contribution is 14.0. The normalized spacial score (nSPS) is 13.2. The first-order valence-corrected chi connectivity index (χ1v) is 10.0. The lowest BCUT2D eigenvalue weighted by atomic mass is 10.2. The van der Waals surface area contributed by atoms with Gasteiger partial charge in [-0.05, 0) is 60.5 Å². The van der Waals surface area contributed by atoms with Gasteiger partial charge in [-0.15, -0.1) is 24.0 Å². The van der Waals surface area contributed by atoms with Crippen LogP contribution in [0.15, 0.2) is 11.1 Å². The first kappa shape index (κ1) is 26.2. The second kappa shape index (κ2) is 13.4. The summed E-state index contributed by atoms with van der Waals surface area (Å²) in [6.07, 6.45) is 0. The Morgan fingerprint density at radius 1 is 1.15 bits per heavy atom. The molecular weight excluding hydrogens is 451 g/mol. The summed E-state index contributed by atoms with van der Waals surface area (Å²) in [6.45, 7) is 21.9. The van der Waals surface area contributed by atoms with E-state index in [1.807, 2.05) is 6.92 Å². The van der Waals surface area contributed by atoms with E-state index in [9.17, 15) is 0 Å². The van der Waals surface area contributed by atoms with Gasteiger partial charge in [0.1, 0.15) is 0 Å². The van der Waals surface area contributed by atoms with Crippen molar-refractivity contribution in [3.8, 4) is 0 Å². The minimum absolute atomic E-state index is 0. The highest BCUT2D eigenvalue weighted by Gasteiger charge is 2.13. The topological polar surface area (TPSA) is 57.5 Å². The lowest BCUT2D eigenvalue weighted by Crippen LogP contribution is -2.45. The number of aliphatic imine (C=N–C) groups is 1. The molecule has 0 saturated carbocycles. The molecule has 0 saturated heterocycles. The van der Waals surface area contributed by atoms with Crippen molar-refractivity contribution < 1.29 is 0 Å². The molecular formula is C20H41IN6. The van der Waals surface area contributed by atoms with Gasteiger partial charge in [-0.25, -0.2) is 0 Å². The summed E-state index contributed by atoms with van der Waals surface area (Å²) in [5.41, 5.74) is 2.29. The summed E-state index contributed by atoms with van der Waals surface area (Å²) in [5.74, 6) is 1.34. The predicted molar refractivity (Wildman–Crippen MR) is 127 cm³/mol. The maximum absolute atomic E-state index is 4.77. The van der Waals surface area contributed by atoms with Crippen LogP contribution in [0.4, 0.5) is 0 Å². The monoisotopic (exact) mass is 492 g/mol. The molecule has 1 atom stereocenters. The molecule has 1 aromatic rings. The van der Waals surface area contributed by atoms with Crippen LogP contribution in [0.3, 0.4) is 0 Å². The molecule has 0 aromatic carbocycles. The van der Waals surface area contributed by atoms with Gasteiger partial charge >= 0.3 is 0 Å². The summed E-state index contributed by atoms with van der Waals surface area (Å²) in [6, 6.07) is 3.23. The van der Waals surface area contributed by atoms with E-state index >= 15 is 0 Å². The second-order valence-corrected chi connectivity index (χ2v) is 7.79. The number of nitrogens with zero attached hydrogens (tertiary/aromatic N) is 4. The van der Waals surface area contributed by atoms with Gasteiger partial charge in [0, 0.05) is 50.5 Å². The van der Waals surface area contributed by atoms with E-state index in [1.165, 1.54) is 5.69 Å². The Morgan fingerprint density at radius 3 is 2.26 bits per heavy atom. The predicted octanol–water partition coefficient (Wildman–Crippen LogP) is 3.43. The number of aryl methyl sites for hydroxylation is 2. The second-order valence-electron chi connectivity index (χ2n) is 7.79. The van der Waals surface area contributed by atoms with Crippen molar-refractivity contribution in [2.24, 2.45) is 10.9 Å². The van der Waals surface area contributed by atoms with Gasteiger partial charge in [0.15, 0.2) is 5.96 Å². The van der Waals surface area contributed by atoms with E-state index in [1.54, 1.807) is 0 Å². The molecule has 7 heteroatoms. The van der Waals surface area contributed by atoms with Crippen LogP contribution >= 0.6 is 24.0 Å². The molecule has 27 heavy (non-hydrogen) atoms. The molecule has 0 fully saturated rings. The fourth-order valence-electron chi connectivity index (χ4n) is 3.22. The molecule has 1 unspecified atom stereocenters. The molecule has 1 heterocycles. The largest absolute Gasteiger partial charge is 0.357 e. The molecule has 0 bridgehead atoms. The number of nitrogens with one attached hydrogen (secondary N) is 2. The molecule has 6 nitrogen and oxygen atoms in total. The van der Waals surface area contributed by atoms with Crippen LogP contribution < -0.4 is 10.6 Å². The maximum Gasteiger partial charge on any atom is 0.191 e. The van der Waals surface area contributed by atoms with Gasteiger partial charge in [-0.3, -0.25) is 14.6 Å². The average Bonchev–Trinajstić information content (AvgIpc) is 2.85. The summed E-state index contributed by atoms with van der Waals surface area (Å²) in [5, 5.41) is 11.4. The first-order chi connectivity index (χ1) is 12.2. The Balaban J connectivity index is 0.00000676. The van der Waals surface area contributed by atoms with Gasteiger partial charge in [0.05, 0.1) is 5.69 Å². The summed E-state index contributed by atoms with van der Waals surface area (Å²) in [7, 11) is 0. The van der Waals surface area contributed by atoms with Crippen molar-refractivity contribution in [1.82, 2.24) is 25.3 Å². The van der Waals surface area contributed by atoms with E-state index in [0.717, 1.165) is 44.4 Å². The van der Waals surface area contributed by atoms with Crippen molar-refractivity contribution >= 4 is 29.9 Å². The molecule has 1 aromatic heterocycles. The molecule has 2 N–H and O–H groups in total. The zero-order valence-electron chi connectivity index (χ0n) is 18.5. The van der Waals surface area contributed by atoms with Crippen LogP contribution in [0.1, 0.15) is 52.9 Å². The molecule has 0 amide bonds. The Kier molecular flexibility index (Phi) is 13.0. The fourth-order valence-corrected chi connectivity index (χ4v) is 3.22. The minimum atomic E-state index is 0. The number of hydrogen-bond acceptors (Lipinski definition) is 3. The smallest absolute Gasteiger partial charge is 0.191 e. The van der Waals surface area contributed by atoms with Gasteiger partial charge in [0.25, 0.3) is 0 Å². The van der Waals surface area contributed by atoms with Crippen molar-refractivity contribution in [1.29, 1.82) is 0 Å². The first-order valence-electron chi connectivity index (χ1n) is 10.0. The Labute approximate surface area is 183 Å². The van der Waals surface area contributed by atoms with Crippen LogP contribution in [-0.4, -0.2) is 58.9 Å². The molecule has 1 rings (SSSR count). The Bertz CT molecular complexity index is 545. The maximum atomic E-state index is 4.77. The fraction of sp³-hybridized carbons (Fsp3) is 0.800. The van der Waals surface area contributed by atoms with Crippen molar-refractivity contribution in [2.45, 2.75) is 74.0 Å². The molecule has 0 aliphatic carbocycles. The number of hydrogen-bond donors (Lipinski definition) is 2. The summed E-state index contributed by atoms with van der Waals surface area (Å²) >= 11 is 0. The van der Waals surface area contributed by atoms with Crippen LogP contribution in [0.5, 0.6) is 0 Å². The van der Waals surface area contributed by atoms with E-state index in [2.05, 4.69) is 79.8 Å². The molecule has 0 spiro atoms. The van der Waals surface area contributed by atoms with Crippen molar-refractivity contribution in [3.05, 3.63) is 17.5 Å². The highest BCUT2D eigenvalue weighted by Crippen LogP contribution is 2.07. The summed E-state index contributed by atoms with van der Waals surface area (Å²) < 4.78 is 2.08. The Morgan fingerprint density at radius 2 is 1.78 bits per heavy atom. The molecule has 158 valence electrons. The van der Waals surface area contributed by atoms with E-state index in [0.29, 0.717) is 18.0 Å². The van der Waals surface area contributed by atoms with E-state index < -0.39 is 0 Å². The van der Waals surface area contributed by atoms with Gasteiger partial charge in [-0.1, -0.05) is 6.92 Å². The lowest BCUT2D eigenvalue weighted by molar-refractivity contribution is 0.178. The minimum Gasteiger partial charge on any atom is -0.357 e. The molecule has 0 aliphatic heterocycles. The number of halogens is 1. The van der Waals surface area contributed by atoms with Crippen LogP contribution in [0.25, 0.3) is 0 Å². The standard InChI is InChI=1S/C20H40N6.HI/c1-9-21-20(22-10-11-25(15(2)3)16(4)5)23-13-17(6)14-26-19(8)12-18(7)24-26;/h12,15-17H,9-11,13-14H2,1-8H3,(H2,21,22,23);1H. The van der Waals surface area contributed by atoms with Gasteiger partial charge < -0.3 is 10.6 Å². The molecule has 0 radical (unpaired) electrons. The van der Waals surface area contributed by atoms with Crippen LogP contribution in [0, 0.1) is 19.8 Å². The lowest BCUT2D eigenvalue weighted by Gasteiger charge is -2.30. The van der Waals surface area contributed by atoms with Crippen molar-refractivity contribution in [3.63, 3.8) is 0 Å². The number of guanidine groups is 1. The number of aromatic nitrogens is 2. The van der Waals surface area contributed by atoms with Gasteiger partial charge in [-0.2, -0.15) is 5.10 Å².